The molecule has 2 aromatic carbocycles. The zero-order valence-corrected chi connectivity index (χ0v) is 20.5. The molecule has 0 amide bonds. The van der Waals surface area contributed by atoms with E-state index in [-0.39, 0.29) is 24.3 Å². The summed E-state index contributed by atoms with van der Waals surface area (Å²) in [7, 11) is 5.61. The summed E-state index contributed by atoms with van der Waals surface area (Å²) >= 11 is 0. The molecule has 0 radical (unpaired) electrons. The Kier molecular flexibility index (Phi) is 6.87. The zero-order chi connectivity index (χ0) is 24.4. The van der Waals surface area contributed by atoms with Crippen molar-refractivity contribution >= 4 is 23.2 Å². The molecule has 0 fully saturated rings. The normalized spacial score (nSPS) is 22.1. The maximum absolute atomic E-state index is 13.6. The van der Waals surface area contributed by atoms with Crippen molar-refractivity contribution in [3.05, 3.63) is 70.9 Å². The molecule has 0 saturated carbocycles. The molecule has 3 atom stereocenters. The Morgan fingerprint density at radius 2 is 1.68 bits per heavy atom. The molecule has 1 unspecified atom stereocenters. The van der Waals surface area contributed by atoms with Gasteiger partial charge in [-0.25, -0.2) is 0 Å². The van der Waals surface area contributed by atoms with Gasteiger partial charge in [0.15, 0.2) is 5.78 Å². The lowest BCUT2D eigenvalue weighted by Crippen LogP contribution is -2.38. The number of carbonyl (C=O) groups is 2. The van der Waals surface area contributed by atoms with E-state index in [9.17, 15) is 9.59 Å². The minimum absolute atomic E-state index is 0.0459. The number of allylic oxidation sites excluding steroid dienone is 2. The third-order valence-corrected chi connectivity index (χ3v) is 6.78. The number of rotatable bonds is 6. The first-order valence-electron chi connectivity index (χ1n) is 11.7. The van der Waals surface area contributed by atoms with Crippen LogP contribution in [-0.2, 0) is 14.3 Å². The number of esters is 1. The van der Waals surface area contributed by atoms with Gasteiger partial charge in [-0.1, -0.05) is 24.3 Å². The number of Topliss-reactive ketones (excluding diaryl/α,β-unsaturated/α-hetero) is 1. The van der Waals surface area contributed by atoms with Crippen molar-refractivity contribution in [1.82, 2.24) is 0 Å². The van der Waals surface area contributed by atoms with Gasteiger partial charge < -0.3 is 14.4 Å². The van der Waals surface area contributed by atoms with Crippen molar-refractivity contribution in [3.63, 3.8) is 0 Å². The number of hydrogen-bond donors (Lipinski definition) is 0. The summed E-state index contributed by atoms with van der Waals surface area (Å²) in [4.78, 5) is 33.5. The molecule has 0 aromatic heterocycles. The number of nitrogens with zero attached hydrogens (tertiary/aromatic N) is 2. The van der Waals surface area contributed by atoms with Crippen LogP contribution in [0.15, 0.2) is 64.8 Å². The van der Waals surface area contributed by atoms with E-state index < -0.39 is 11.8 Å². The lowest BCUT2D eigenvalue weighted by molar-refractivity contribution is -0.146. The van der Waals surface area contributed by atoms with Crippen molar-refractivity contribution in [1.29, 1.82) is 0 Å². The summed E-state index contributed by atoms with van der Waals surface area (Å²) in [5.74, 6) is -0.450. The van der Waals surface area contributed by atoms with Crippen molar-refractivity contribution < 1.29 is 19.1 Å². The highest BCUT2D eigenvalue weighted by molar-refractivity contribution is 6.09. The fourth-order valence-corrected chi connectivity index (χ4v) is 5.05. The summed E-state index contributed by atoms with van der Waals surface area (Å²) in [5, 5.41) is 0. The van der Waals surface area contributed by atoms with E-state index >= 15 is 0 Å². The highest BCUT2D eigenvalue weighted by Gasteiger charge is 2.44. The Bertz CT molecular complexity index is 1130. The molecule has 2 aliphatic rings. The molecule has 0 saturated heterocycles. The second-order valence-corrected chi connectivity index (χ2v) is 9.11. The van der Waals surface area contributed by atoms with Crippen LogP contribution in [0.3, 0.4) is 0 Å². The van der Waals surface area contributed by atoms with E-state index in [0.717, 1.165) is 28.3 Å². The second-order valence-electron chi connectivity index (χ2n) is 9.11. The van der Waals surface area contributed by atoms with E-state index in [2.05, 4.69) is 0 Å². The number of anilines is 1. The van der Waals surface area contributed by atoms with Gasteiger partial charge in [-0.3, -0.25) is 14.6 Å². The maximum atomic E-state index is 13.6. The van der Waals surface area contributed by atoms with Crippen LogP contribution in [0.25, 0.3) is 0 Å². The van der Waals surface area contributed by atoms with E-state index in [4.69, 9.17) is 14.5 Å². The second kappa shape index (κ2) is 9.84. The van der Waals surface area contributed by atoms with Gasteiger partial charge in [0, 0.05) is 49.1 Å². The zero-order valence-electron chi connectivity index (χ0n) is 20.5. The van der Waals surface area contributed by atoms with Crippen molar-refractivity contribution in [2.75, 3.05) is 32.7 Å². The number of benzene rings is 2. The molecule has 0 N–H and O–H groups in total. The number of hydrogen-bond acceptors (Lipinski definition) is 6. The first kappa shape index (κ1) is 23.7. The van der Waals surface area contributed by atoms with Crippen LogP contribution in [0.5, 0.6) is 5.75 Å². The van der Waals surface area contributed by atoms with Crippen LogP contribution < -0.4 is 9.64 Å². The predicted octanol–water partition coefficient (Wildman–Crippen LogP) is 4.90. The molecule has 0 spiro atoms. The van der Waals surface area contributed by atoms with Gasteiger partial charge in [0.2, 0.25) is 0 Å². The topological polar surface area (TPSA) is 68.2 Å². The van der Waals surface area contributed by atoms with Crippen LogP contribution in [0.4, 0.5) is 5.69 Å². The number of ketones is 1. The van der Waals surface area contributed by atoms with Gasteiger partial charge >= 0.3 is 5.97 Å². The van der Waals surface area contributed by atoms with Crippen LogP contribution in [0.2, 0.25) is 0 Å². The van der Waals surface area contributed by atoms with Crippen molar-refractivity contribution in [3.8, 4) is 5.75 Å². The number of ether oxygens (including phenoxy) is 2. The van der Waals surface area contributed by atoms with Gasteiger partial charge in [0.25, 0.3) is 0 Å². The van der Waals surface area contributed by atoms with Gasteiger partial charge in [0.05, 0.1) is 13.7 Å². The van der Waals surface area contributed by atoms with E-state index in [1.807, 2.05) is 74.4 Å². The average molecular weight is 461 g/mol. The minimum atomic E-state index is -0.606. The fraction of sp³-hybridized carbons (Fsp3) is 0.393. The quantitative estimate of drug-likeness (QED) is 0.574. The standard InChI is InChI=1S/C28H32N2O4/c1-6-34-28(32)25-17(2)29-23-15-20(18-9-13-22(33-5)14-10-18)16-24(31)27(23)26(25)19-7-11-21(12-8-19)30(3)4/h7-14,20,25-26H,6,15-16H2,1-5H3/t20-,25?,26-/m0/s1. The van der Waals surface area contributed by atoms with Crippen molar-refractivity contribution in [2.24, 2.45) is 10.9 Å². The first-order chi connectivity index (χ1) is 16.3. The van der Waals surface area contributed by atoms with E-state index in [1.165, 1.54) is 0 Å². The molecular formula is C28H32N2O4. The smallest absolute Gasteiger partial charge is 0.315 e. The molecule has 2 aromatic rings. The van der Waals surface area contributed by atoms with Crippen molar-refractivity contribution in [2.45, 2.75) is 38.5 Å². The number of methoxy groups -OCH3 is 1. The Morgan fingerprint density at radius 1 is 1.03 bits per heavy atom. The number of carbonyl (C=O) groups excluding carboxylic acids is 2. The summed E-state index contributed by atoms with van der Waals surface area (Å²) in [6.45, 7) is 3.95. The largest absolute Gasteiger partial charge is 0.497 e. The summed E-state index contributed by atoms with van der Waals surface area (Å²) < 4.78 is 10.7. The Morgan fingerprint density at radius 3 is 2.26 bits per heavy atom. The van der Waals surface area contributed by atoms with Crippen LogP contribution in [0, 0.1) is 5.92 Å². The predicted molar refractivity (Wildman–Crippen MR) is 134 cm³/mol. The molecule has 34 heavy (non-hydrogen) atoms. The molecule has 6 heteroatoms. The van der Waals surface area contributed by atoms with Crippen LogP contribution in [0.1, 0.15) is 49.7 Å². The van der Waals surface area contributed by atoms with Gasteiger partial charge in [-0.05, 0) is 61.6 Å². The first-order valence-corrected chi connectivity index (χ1v) is 11.7. The fourth-order valence-electron chi connectivity index (χ4n) is 5.05. The molecule has 1 aliphatic heterocycles. The Labute approximate surface area is 201 Å². The highest BCUT2D eigenvalue weighted by atomic mass is 16.5. The molecule has 1 aliphatic carbocycles. The average Bonchev–Trinajstić information content (AvgIpc) is 2.83. The van der Waals surface area contributed by atoms with Gasteiger partial charge in [-0.15, -0.1) is 0 Å². The van der Waals surface area contributed by atoms with Gasteiger partial charge in [0.1, 0.15) is 11.7 Å². The van der Waals surface area contributed by atoms with Crippen LogP contribution >= 0.6 is 0 Å². The molecule has 4 rings (SSSR count). The molecule has 1 heterocycles. The van der Waals surface area contributed by atoms with Gasteiger partial charge in [-0.2, -0.15) is 0 Å². The van der Waals surface area contributed by atoms with E-state index in [0.29, 0.717) is 24.1 Å². The summed E-state index contributed by atoms with van der Waals surface area (Å²) in [6, 6.07) is 15.9. The van der Waals surface area contributed by atoms with Crippen LogP contribution in [-0.4, -0.2) is 45.3 Å². The Balaban J connectivity index is 1.76. The lowest BCUT2D eigenvalue weighted by Gasteiger charge is -2.36. The summed E-state index contributed by atoms with van der Waals surface area (Å²) in [6.07, 6.45) is 1.05. The third-order valence-electron chi connectivity index (χ3n) is 6.78. The summed E-state index contributed by atoms with van der Waals surface area (Å²) in [5.41, 5.74) is 5.22. The highest BCUT2D eigenvalue weighted by Crippen LogP contribution is 2.47. The number of aliphatic imine (C=N–C) groups is 1. The lowest BCUT2D eigenvalue weighted by atomic mass is 9.69. The van der Waals surface area contributed by atoms with E-state index in [1.54, 1.807) is 14.0 Å². The molecular weight excluding hydrogens is 428 g/mol. The molecule has 0 bridgehead atoms. The Hall–Kier alpha value is -3.41. The molecule has 178 valence electrons. The third kappa shape index (κ3) is 4.49. The monoisotopic (exact) mass is 460 g/mol. The molecule has 6 nitrogen and oxygen atoms in total. The minimum Gasteiger partial charge on any atom is -0.497 e. The SMILES string of the molecule is CCOC(=O)C1C(C)=NC2=C(C(=O)C[C@@H](c3ccc(OC)cc3)C2)[C@H]1c1ccc(N(C)C)cc1. The maximum Gasteiger partial charge on any atom is 0.315 e.